The van der Waals surface area contributed by atoms with E-state index in [1.54, 1.807) is 4.90 Å². The molecule has 0 aliphatic carbocycles. The molecule has 0 fully saturated rings. The van der Waals surface area contributed by atoms with Gasteiger partial charge in [-0.15, -0.1) is 0 Å². The van der Waals surface area contributed by atoms with Crippen LogP contribution < -0.4 is 4.90 Å². The number of amides is 1. The Hall–Kier alpha value is -1.87. The number of anilines is 2. The van der Waals surface area contributed by atoms with Crippen molar-refractivity contribution >= 4 is 44.3 Å². The van der Waals surface area contributed by atoms with E-state index in [0.717, 1.165) is 22.5 Å². The lowest BCUT2D eigenvalue weighted by Gasteiger charge is -2.22. The summed E-state index contributed by atoms with van der Waals surface area (Å²) in [4.78, 5) is 13.4. The highest BCUT2D eigenvalue weighted by Crippen LogP contribution is 2.37. The minimum absolute atomic E-state index is 0.161. The van der Waals surface area contributed by atoms with Gasteiger partial charge in [0.15, 0.2) is 0 Å². The molecular weight excluding hydrogens is 290 g/mol. The highest BCUT2D eigenvalue weighted by molar-refractivity contribution is 9.18. The highest BCUT2D eigenvalue weighted by atomic mass is 79.9. The van der Waals surface area contributed by atoms with E-state index in [0.29, 0.717) is 0 Å². The Morgan fingerprint density at radius 1 is 0.833 bits per heavy atom. The Kier molecular flexibility index (Phi) is 2.76. The molecule has 3 rings (SSSR count). The van der Waals surface area contributed by atoms with Gasteiger partial charge in [0.1, 0.15) is 0 Å². The molecule has 88 valence electrons. The summed E-state index contributed by atoms with van der Waals surface area (Å²) in [6.45, 7) is 0. The van der Waals surface area contributed by atoms with Gasteiger partial charge in [0.25, 0.3) is 4.82 Å². The Morgan fingerprint density at radius 3 is 1.72 bits per heavy atom. The van der Waals surface area contributed by atoms with Crippen molar-refractivity contribution in [2.75, 3.05) is 4.90 Å². The van der Waals surface area contributed by atoms with Gasteiger partial charge >= 0.3 is 0 Å². The van der Waals surface area contributed by atoms with Crippen LogP contribution in [-0.2, 0) is 0 Å². The lowest BCUT2D eigenvalue weighted by atomic mass is 10.1. The van der Waals surface area contributed by atoms with Crippen molar-refractivity contribution in [1.29, 1.82) is 0 Å². The molecule has 0 radical (unpaired) electrons. The number of fused-ring (bicyclic) bond motifs is 2. The van der Waals surface area contributed by atoms with Crippen molar-refractivity contribution in [3.8, 4) is 0 Å². The second kappa shape index (κ2) is 4.42. The van der Waals surface area contributed by atoms with Crippen molar-refractivity contribution in [2.24, 2.45) is 0 Å². The Morgan fingerprint density at radius 2 is 1.28 bits per heavy atom. The first-order chi connectivity index (χ1) is 8.77. The SMILES string of the molecule is O=C(Br)N1c2ccccc2C=Cc2ccccc21. The number of benzene rings is 2. The Bertz CT molecular complexity index is 599. The van der Waals surface area contributed by atoms with Crippen molar-refractivity contribution < 1.29 is 4.79 Å². The summed E-state index contributed by atoms with van der Waals surface area (Å²) in [5.41, 5.74) is 3.84. The third-order valence-corrected chi connectivity index (χ3v) is 3.33. The summed E-state index contributed by atoms with van der Waals surface area (Å²) in [5.74, 6) is 0. The maximum Gasteiger partial charge on any atom is 0.298 e. The summed E-state index contributed by atoms with van der Waals surface area (Å²) in [5, 5.41) is 0. The van der Waals surface area contributed by atoms with Crippen LogP contribution in [0.25, 0.3) is 12.2 Å². The van der Waals surface area contributed by atoms with E-state index in [-0.39, 0.29) is 4.82 Å². The number of para-hydroxylation sites is 2. The van der Waals surface area contributed by atoms with E-state index >= 15 is 0 Å². The van der Waals surface area contributed by atoms with E-state index in [1.807, 2.05) is 60.7 Å². The lowest BCUT2D eigenvalue weighted by Crippen LogP contribution is -2.20. The van der Waals surface area contributed by atoms with Crippen LogP contribution in [0.5, 0.6) is 0 Å². The highest BCUT2D eigenvalue weighted by Gasteiger charge is 2.21. The van der Waals surface area contributed by atoms with Crippen molar-refractivity contribution in [3.63, 3.8) is 0 Å². The van der Waals surface area contributed by atoms with E-state index in [2.05, 4.69) is 15.9 Å². The lowest BCUT2D eigenvalue weighted by molar-refractivity contribution is 0.268. The van der Waals surface area contributed by atoms with Gasteiger partial charge in [-0.1, -0.05) is 48.6 Å². The molecule has 0 unspecified atom stereocenters. The van der Waals surface area contributed by atoms with Gasteiger partial charge in [-0.3, -0.25) is 9.69 Å². The molecule has 2 aromatic carbocycles. The molecule has 2 nitrogen and oxygen atoms in total. The molecule has 1 heterocycles. The summed E-state index contributed by atoms with van der Waals surface area (Å²) in [7, 11) is 0. The third kappa shape index (κ3) is 1.77. The number of rotatable bonds is 0. The van der Waals surface area contributed by atoms with Crippen LogP contribution >= 0.6 is 15.9 Å². The molecule has 2 aromatic rings. The van der Waals surface area contributed by atoms with Gasteiger partial charge in [0.05, 0.1) is 11.4 Å². The zero-order valence-electron chi connectivity index (χ0n) is 9.51. The number of carbonyl (C=O) groups excluding carboxylic acids is 1. The van der Waals surface area contributed by atoms with Gasteiger partial charge in [0.2, 0.25) is 0 Å². The van der Waals surface area contributed by atoms with Crippen LogP contribution in [0.2, 0.25) is 0 Å². The fourth-order valence-electron chi connectivity index (χ4n) is 2.16. The average molecular weight is 300 g/mol. The van der Waals surface area contributed by atoms with Crippen LogP contribution in [0.4, 0.5) is 16.2 Å². The van der Waals surface area contributed by atoms with E-state index in [9.17, 15) is 4.79 Å². The summed E-state index contributed by atoms with van der Waals surface area (Å²) >= 11 is 3.07. The second-order valence-corrected chi connectivity index (χ2v) is 4.72. The summed E-state index contributed by atoms with van der Waals surface area (Å²) in [6, 6.07) is 15.7. The quantitative estimate of drug-likeness (QED) is 0.504. The van der Waals surface area contributed by atoms with E-state index < -0.39 is 0 Å². The summed E-state index contributed by atoms with van der Waals surface area (Å²) < 4.78 is 0. The predicted molar refractivity (Wildman–Crippen MR) is 78.3 cm³/mol. The zero-order chi connectivity index (χ0) is 12.5. The molecule has 0 saturated heterocycles. The molecule has 1 amide bonds. The van der Waals surface area contributed by atoms with Gasteiger partial charge < -0.3 is 0 Å². The predicted octanol–water partition coefficient (Wildman–Crippen LogP) is 4.82. The molecule has 1 aliphatic heterocycles. The van der Waals surface area contributed by atoms with E-state index in [4.69, 9.17) is 0 Å². The second-order valence-electron chi connectivity index (χ2n) is 4.04. The molecule has 1 aliphatic rings. The average Bonchev–Trinajstić information content (AvgIpc) is 2.55. The van der Waals surface area contributed by atoms with Crippen LogP contribution in [0.1, 0.15) is 11.1 Å². The zero-order valence-corrected chi connectivity index (χ0v) is 11.1. The molecule has 0 atom stereocenters. The topological polar surface area (TPSA) is 20.3 Å². The first-order valence-electron chi connectivity index (χ1n) is 5.63. The maximum atomic E-state index is 11.9. The molecule has 0 spiro atoms. The van der Waals surface area contributed by atoms with Crippen molar-refractivity contribution in [3.05, 3.63) is 59.7 Å². The van der Waals surface area contributed by atoms with Crippen LogP contribution in [0, 0.1) is 0 Å². The van der Waals surface area contributed by atoms with Crippen LogP contribution in [-0.4, -0.2) is 4.82 Å². The van der Waals surface area contributed by atoms with Crippen molar-refractivity contribution in [2.45, 2.75) is 0 Å². The molecule has 0 N–H and O–H groups in total. The van der Waals surface area contributed by atoms with Gasteiger partial charge in [0, 0.05) is 15.9 Å². The van der Waals surface area contributed by atoms with Crippen LogP contribution in [0.15, 0.2) is 48.5 Å². The fourth-order valence-corrected chi connectivity index (χ4v) is 2.55. The maximum absolute atomic E-state index is 11.9. The van der Waals surface area contributed by atoms with E-state index in [1.165, 1.54) is 0 Å². The van der Waals surface area contributed by atoms with Gasteiger partial charge in [-0.25, -0.2) is 0 Å². The minimum Gasteiger partial charge on any atom is -0.270 e. The fraction of sp³-hybridized carbons (Fsp3) is 0. The number of carbonyl (C=O) groups is 1. The van der Waals surface area contributed by atoms with Crippen LogP contribution in [0.3, 0.4) is 0 Å². The first kappa shape index (κ1) is 11.2. The number of hydrogen-bond acceptors (Lipinski definition) is 1. The first-order valence-corrected chi connectivity index (χ1v) is 6.42. The molecule has 0 saturated carbocycles. The molecule has 0 aromatic heterocycles. The summed E-state index contributed by atoms with van der Waals surface area (Å²) in [6.07, 6.45) is 4.06. The number of halogens is 1. The molecule has 18 heavy (non-hydrogen) atoms. The smallest absolute Gasteiger partial charge is 0.270 e. The third-order valence-electron chi connectivity index (χ3n) is 2.97. The largest absolute Gasteiger partial charge is 0.298 e. The Labute approximate surface area is 114 Å². The van der Waals surface area contributed by atoms with Crippen molar-refractivity contribution in [1.82, 2.24) is 0 Å². The molecule has 3 heteroatoms. The number of hydrogen-bond donors (Lipinski definition) is 0. The normalized spacial score (nSPS) is 12.6. The molecular formula is C15H10BrNO. The minimum atomic E-state index is -0.161. The standard InChI is InChI=1S/C15H10BrNO/c16-15(18)17-13-7-3-1-5-11(13)9-10-12-6-2-4-8-14(12)17/h1-10H. The monoisotopic (exact) mass is 299 g/mol. The number of nitrogens with zero attached hydrogens (tertiary/aromatic N) is 1. The Balaban J connectivity index is 2.31. The molecule has 0 bridgehead atoms. The van der Waals surface area contributed by atoms with Gasteiger partial charge in [-0.2, -0.15) is 0 Å². The van der Waals surface area contributed by atoms with Gasteiger partial charge in [-0.05, 0) is 23.3 Å².